The number of rotatable bonds is 2. The fraction of sp³-hybridized carbons (Fsp3) is 0.500. The minimum atomic E-state index is -5.87. The number of ether oxygens (including phenoxy) is 1. The molecule has 0 fully saturated rings. The molecular weight excluding hydrogens is 274 g/mol. The molecule has 108 valence electrons. The van der Waals surface area contributed by atoms with Crippen molar-refractivity contribution in [1.82, 2.24) is 0 Å². The fourth-order valence-electron chi connectivity index (χ4n) is 1.51. The molecule has 0 N–H and O–H groups in total. The Bertz CT molecular complexity index is 458. The molecule has 0 heterocycles. The van der Waals surface area contributed by atoms with Gasteiger partial charge in [-0.3, -0.25) is 0 Å². The first-order chi connectivity index (χ1) is 8.36. The minimum Gasteiger partial charge on any atom is -0.425 e. The summed E-state index contributed by atoms with van der Waals surface area (Å²) < 4.78 is 79.2. The van der Waals surface area contributed by atoms with Crippen molar-refractivity contribution in [3.8, 4) is 5.75 Å². The van der Waals surface area contributed by atoms with Crippen LogP contribution in [-0.4, -0.2) is 12.3 Å². The van der Waals surface area contributed by atoms with Gasteiger partial charge in [0.05, 0.1) is 0 Å². The van der Waals surface area contributed by atoms with Crippen LogP contribution in [0.15, 0.2) is 18.2 Å². The van der Waals surface area contributed by atoms with Crippen LogP contribution < -0.4 is 4.74 Å². The Morgan fingerprint density at radius 2 is 1.47 bits per heavy atom. The smallest absolute Gasteiger partial charge is 0.425 e. The highest BCUT2D eigenvalue weighted by atomic mass is 19.4. The molecule has 1 aromatic carbocycles. The van der Waals surface area contributed by atoms with Gasteiger partial charge in [-0.2, -0.15) is 22.0 Å². The molecule has 0 aliphatic carbocycles. The maximum Gasteiger partial charge on any atom is 0.499 e. The van der Waals surface area contributed by atoms with E-state index in [4.69, 9.17) is 0 Å². The van der Waals surface area contributed by atoms with Gasteiger partial charge in [-0.15, -0.1) is 0 Å². The summed E-state index contributed by atoms with van der Waals surface area (Å²) in [6.07, 6.45) is -11.2. The third kappa shape index (κ3) is 3.33. The molecule has 0 aromatic heterocycles. The zero-order valence-corrected chi connectivity index (χ0v) is 10.4. The first-order valence-electron chi connectivity index (χ1n) is 5.29. The molecule has 0 saturated heterocycles. The summed E-state index contributed by atoms with van der Waals surface area (Å²) in [6.45, 7) is 4.43. The number of alkyl halides is 5. The average molecular weight is 286 g/mol. The van der Waals surface area contributed by atoms with E-state index in [9.17, 15) is 26.3 Å². The van der Waals surface area contributed by atoms with Gasteiger partial charge in [0.15, 0.2) is 0 Å². The van der Waals surface area contributed by atoms with E-state index in [1.807, 2.05) is 0 Å². The molecule has 0 saturated carbocycles. The Labute approximate surface area is 106 Å². The highest BCUT2D eigenvalue weighted by Gasteiger charge is 2.61. The van der Waals surface area contributed by atoms with Gasteiger partial charge >= 0.3 is 12.3 Å². The Kier molecular flexibility index (Phi) is 3.80. The molecule has 0 unspecified atom stereocenters. The Morgan fingerprint density at radius 1 is 0.947 bits per heavy atom. The molecule has 0 aliphatic heterocycles. The molecule has 1 rings (SSSR count). The zero-order chi connectivity index (χ0) is 15.1. The quantitative estimate of drug-likeness (QED) is 0.719. The van der Waals surface area contributed by atoms with Gasteiger partial charge < -0.3 is 4.74 Å². The van der Waals surface area contributed by atoms with Crippen molar-refractivity contribution in [3.63, 3.8) is 0 Å². The molecule has 0 bridgehead atoms. The van der Waals surface area contributed by atoms with Crippen molar-refractivity contribution in [1.29, 1.82) is 0 Å². The Hall–Kier alpha value is -1.40. The Morgan fingerprint density at radius 3 is 1.89 bits per heavy atom. The average Bonchev–Trinajstić information content (AvgIpc) is 2.12. The normalized spacial score (nSPS) is 13.5. The standard InChI is InChI=1S/C12H12F6O/c1-10(2,3)9-7(13)5-4-6-8(9)19-12(17,18)11(14,15)16/h4-6H,1-3H3. The summed E-state index contributed by atoms with van der Waals surface area (Å²) in [5.41, 5.74) is -1.32. The van der Waals surface area contributed by atoms with Crippen molar-refractivity contribution < 1.29 is 31.1 Å². The van der Waals surface area contributed by atoms with E-state index in [0.29, 0.717) is 0 Å². The first kappa shape index (κ1) is 15.7. The van der Waals surface area contributed by atoms with Crippen LogP contribution in [0.3, 0.4) is 0 Å². The number of hydrogen-bond acceptors (Lipinski definition) is 1. The highest BCUT2D eigenvalue weighted by molar-refractivity contribution is 5.39. The lowest BCUT2D eigenvalue weighted by atomic mass is 9.86. The Balaban J connectivity index is 3.27. The van der Waals surface area contributed by atoms with Crippen molar-refractivity contribution in [2.75, 3.05) is 0 Å². The predicted molar refractivity (Wildman–Crippen MR) is 56.7 cm³/mol. The zero-order valence-electron chi connectivity index (χ0n) is 10.4. The molecule has 7 heteroatoms. The molecule has 0 amide bonds. The van der Waals surface area contributed by atoms with Crippen LogP contribution in [-0.2, 0) is 5.41 Å². The fourth-order valence-corrected chi connectivity index (χ4v) is 1.51. The molecule has 0 aliphatic rings. The van der Waals surface area contributed by atoms with Gasteiger partial charge in [0, 0.05) is 5.56 Å². The van der Waals surface area contributed by atoms with Gasteiger partial charge in [0.25, 0.3) is 0 Å². The van der Waals surface area contributed by atoms with Crippen LogP contribution in [0.2, 0.25) is 0 Å². The second kappa shape index (κ2) is 4.61. The molecule has 1 nitrogen and oxygen atoms in total. The van der Waals surface area contributed by atoms with E-state index in [-0.39, 0.29) is 5.56 Å². The monoisotopic (exact) mass is 286 g/mol. The largest absolute Gasteiger partial charge is 0.499 e. The molecule has 1 aromatic rings. The summed E-state index contributed by atoms with van der Waals surface area (Å²) in [7, 11) is 0. The van der Waals surface area contributed by atoms with Gasteiger partial charge in [-0.25, -0.2) is 4.39 Å². The van der Waals surface area contributed by atoms with Crippen LogP contribution in [0.25, 0.3) is 0 Å². The van der Waals surface area contributed by atoms with Crippen LogP contribution in [0, 0.1) is 5.82 Å². The summed E-state index contributed by atoms with van der Waals surface area (Å²) in [5, 5.41) is 0. The highest BCUT2D eigenvalue weighted by Crippen LogP contribution is 2.41. The maximum atomic E-state index is 13.6. The van der Waals surface area contributed by atoms with Crippen LogP contribution >= 0.6 is 0 Å². The predicted octanol–water partition coefficient (Wildman–Crippen LogP) is 4.66. The molecular formula is C12H12F6O. The lowest BCUT2D eigenvalue weighted by molar-refractivity contribution is -0.360. The van der Waals surface area contributed by atoms with Gasteiger partial charge in [0.1, 0.15) is 11.6 Å². The van der Waals surface area contributed by atoms with Crippen LogP contribution in [0.4, 0.5) is 26.3 Å². The molecule has 0 radical (unpaired) electrons. The SMILES string of the molecule is CC(C)(C)c1c(F)cccc1OC(F)(F)C(F)(F)F. The lowest BCUT2D eigenvalue weighted by Gasteiger charge is -2.26. The van der Waals surface area contributed by atoms with Crippen molar-refractivity contribution in [2.45, 2.75) is 38.5 Å². The first-order valence-corrected chi connectivity index (χ1v) is 5.29. The minimum absolute atomic E-state index is 0.334. The van der Waals surface area contributed by atoms with Gasteiger partial charge in [-0.1, -0.05) is 26.8 Å². The van der Waals surface area contributed by atoms with Crippen LogP contribution in [0.1, 0.15) is 26.3 Å². The van der Waals surface area contributed by atoms with E-state index >= 15 is 0 Å². The molecule has 0 spiro atoms. The summed E-state index contributed by atoms with van der Waals surface area (Å²) in [5.74, 6) is -1.72. The van der Waals surface area contributed by atoms with Crippen molar-refractivity contribution in [3.05, 3.63) is 29.6 Å². The third-order valence-electron chi connectivity index (χ3n) is 2.29. The topological polar surface area (TPSA) is 9.23 Å². The summed E-state index contributed by atoms with van der Waals surface area (Å²) >= 11 is 0. The van der Waals surface area contributed by atoms with Crippen molar-refractivity contribution >= 4 is 0 Å². The van der Waals surface area contributed by atoms with E-state index in [1.165, 1.54) is 20.8 Å². The van der Waals surface area contributed by atoms with E-state index in [1.54, 1.807) is 0 Å². The number of halogens is 6. The lowest BCUT2D eigenvalue weighted by Crippen LogP contribution is -2.42. The van der Waals surface area contributed by atoms with Gasteiger partial charge in [0.2, 0.25) is 0 Å². The maximum absolute atomic E-state index is 13.6. The second-order valence-electron chi connectivity index (χ2n) is 4.98. The van der Waals surface area contributed by atoms with E-state index in [2.05, 4.69) is 4.74 Å². The van der Waals surface area contributed by atoms with Gasteiger partial charge in [-0.05, 0) is 17.5 Å². The molecule has 19 heavy (non-hydrogen) atoms. The third-order valence-corrected chi connectivity index (χ3v) is 2.29. The second-order valence-corrected chi connectivity index (χ2v) is 4.98. The van der Waals surface area contributed by atoms with E-state index < -0.39 is 29.3 Å². The van der Waals surface area contributed by atoms with Crippen molar-refractivity contribution in [2.24, 2.45) is 0 Å². The molecule has 0 atom stereocenters. The summed E-state index contributed by atoms with van der Waals surface area (Å²) in [6, 6.07) is 2.86. The number of benzene rings is 1. The van der Waals surface area contributed by atoms with Crippen LogP contribution in [0.5, 0.6) is 5.75 Å². The number of hydrogen-bond donors (Lipinski definition) is 0. The summed E-state index contributed by atoms with van der Waals surface area (Å²) in [4.78, 5) is 0. The van der Waals surface area contributed by atoms with E-state index in [0.717, 1.165) is 18.2 Å².